The molecule has 0 aliphatic carbocycles. The molecule has 0 radical (unpaired) electrons. The number of rotatable bonds is 1. The molecule has 0 aliphatic rings. The fourth-order valence-corrected chi connectivity index (χ4v) is 0.860. The maximum atomic E-state index is 10.9. The summed E-state index contributed by atoms with van der Waals surface area (Å²) in [4.78, 5) is 14.0. The molecule has 1 amide bonds. The number of carbonyl (C=O) groups excluding carboxylic acids is 1. The van der Waals surface area contributed by atoms with E-state index in [1.807, 2.05) is 0 Å². The third-order valence-electron chi connectivity index (χ3n) is 1.57. The summed E-state index contributed by atoms with van der Waals surface area (Å²) < 4.78 is 4.30. The lowest BCUT2D eigenvalue weighted by atomic mass is 10.3. The highest BCUT2D eigenvalue weighted by Crippen LogP contribution is 2.18. The van der Waals surface area contributed by atoms with Gasteiger partial charge in [-0.15, -0.1) is 0 Å². The molecular weight excluding hydrogens is 184 g/mol. The van der Waals surface area contributed by atoms with Gasteiger partial charge in [-0.3, -0.25) is 5.21 Å². The average Bonchev–Trinajstić information content (AvgIpc) is 2.27. The molecule has 1 rings (SSSR count). The van der Waals surface area contributed by atoms with E-state index in [4.69, 9.17) is 6.57 Å². The van der Waals surface area contributed by atoms with Crippen LogP contribution in [0.25, 0.3) is 4.85 Å². The normalized spacial score (nSPS) is 8.93. The van der Waals surface area contributed by atoms with Crippen molar-refractivity contribution < 1.29 is 14.7 Å². The van der Waals surface area contributed by atoms with Crippen molar-refractivity contribution >= 4 is 17.5 Å². The molecule has 0 fully saturated rings. The van der Waals surface area contributed by atoms with Gasteiger partial charge in [0.15, 0.2) is 5.69 Å². The van der Waals surface area contributed by atoms with Gasteiger partial charge in [-0.2, -0.15) is 5.06 Å². The summed E-state index contributed by atoms with van der Waals surface area (Å²) in [6, 6.07) is 5.89. The average molecular weight is 192 g/mol. The third kappa shape index (κ3) is 2.00. The van der Waals surface area contributed by atoms with Crippen LogP contribution < -0.4 is 5.06 Å². The van der Waals surface area contributed by atoms with Gasteiger partial charge >= 0.3 is 6.09 Å². The number of carbonyl (C=O) groups is 1. The van der Waals surface area contributed by atoms with Crippen molar-refractivity contribution in [2.24, 2.45) is 0 Å². The fourth-order valence-electron chi connectivity index (χ4n) is 0.860. The summed E-state index contributed by atoms with van der Waals surface area (Å²) in [6.07, 6.45) is -0.874. The van der Waals surface area contributed by atoms with Crippen LogP contribution in [-0.4, -0.2) is 18.4 Å². The first kappa shape index (κ1) is 10.0. The zero-order chi connectivity index (χ0) is 10.6. The molecule has 0 spiro atoms. The summed E-state index contributed by atoms with van der Waals surface area (Å²) in [7, 11) is 1.17. The van der Waals surface area contributed by atoms with Crippen molar-refractivity contribution in [2.75, 3.05) is 12.2 Å². The molecule has 14 heavy (non-hydrogen) atoms. The molecule has 5 heteroatoms. The summed E-state index contributed by atoms with van der Waals surface area (Å²) >= 11 is 0. The van der Waals surface area contributed by atoms with Crippen LogP contribution in [0.2, 0.25) is 0 Å². The maximum Gasteiger partial charge on any atom is 0.438 e. The Morgan fingerprint density at radius 1 is 1.50 bits per heavy atom. The molecule has 72 valence electrons. The lowest BCUT2D eigenvalue weighted by Gasteiger charge is -2.12. The number of amides is 1. The van der Waals surface area contributed by atoms with E-state index in [2.05, 4.69) is 9.58 Å². The SMILES string of the molecule is [C-]#[N+]c1ccc(N(O)C(=O)OC)cc1. The van der Waals surface area contributed by atoms with Gasteiger partial charge in [0, 0.05) is 0 Å². The number of hydrogen-bond acceptors (Lipinski definition) is 3. The topological polar surface area (TPSA) is 54.1 Å². The van der Waals surface area contributed by atoms with E-state index >= 15 is 0 Å². The largest absolute Gasteiger partial charge is 0.451 e. The fraction of sp³-hybridized carbons (Fsp3) is 0.111. The van der Waals surface area contributed by atoms with Gasteiger partial charge in [-0.25, -0.2) is 9.64 Å². The Morgan fingerprint density at radius 3 is 2.50 bits per heavy atom. The first-order valence-corrected chi connectivity index (χ1v) is 3.73. The maximum absolute atomic E-state index is 10.9. The highest BCUT2D eigenvalue weighted by molar-refractivity contribution is 5.85. The monoisotopic (exact) mass is 192 g/mol. The third-order valence-corrected chi connectivity index (χ3v) is 1.57. The Balaban J connectivity index is 2.88. The number of benzene rings is 1. The van der Waals surface area contributed by atoms with Crippen LogP contribution in [-0.2, 0) is 4.74 Å². The van der Waals surface area contributed by atoms with Gasteiger partial charge in [-0.1, -0.05) is 12.1 Å². The molecule has 0 aromatic heterocycles. The van der Waals surface area contributed by atoms with Crippen molar-refractivity contribution in [2.45, 2.75) is 0 Å². The smallest absolute Gasteiger partial charge is 0.438 e. The van der Waals surface area contributed by atoms with Gasteiger partial charge in [0.1, 0.15) is 0 Å². The van der Waals surface area contributed by atoms with Crippen molar-refractivity contribution in [3.63, 3.8) is 0 Å². The van der Waals surface area contributed by atoms with Crippen LogP contribution >= 0.6 is 0 Å². The van der Waals surface area contributed by atoms with Crippen LogP contribution in [0.4, 0.5) is 16.2 Å². The molecule has 5 nitrogen and oxygen atoms in total. The van der Waals surface area contributed by atoms with Crippen molar-refractivity contribution in [3.05, 3.63) is 35.7 Å². The lowest BCUT2D eigenvalue weighted by Crippen LogP contribution is -2.26. The van der Waals surface area contributed by atoms with Crippen molar-refractivity contribution in [1.29, 1.82) is 0 Å². The Hall–Kier alpha value is -2.06. The van der Waals surface area contributed by atoms with E-state index in [1.165, 1.54) is 31.4 Å². The standard InChI is InChI=1S/C9H8N2O3/c1-10-7-3-5-8(6-4-7)11(13)9(12)14-2/h3-6,13H,2H3. The molecule has 0 atom stereocenters. The van der Waals surface area contributed by atoms with Crippen LogP contribution in [0.15, 0.2) is 24.3 Å². The van der Waals surface area contributed by atoms with E-state index in [-0.39, 0.29) is 5.69 Å². The number of anilines is 1. The first-order chi connectivity index (χ1) is 6.69. The molecule has 0 saturated carbocycles. The predicted molar refractivity (Wildman–Crippen MR) is 49.4 cm³/mol. The quantitative estimate of drug-likeness (QED) is 0.421. The molecule has 1 aromatic rings. The zero-order valence-electron chi connectivity index (χ0n) is 7.47. The predicted octanol–water partition coefficient (Wildman–Crippen LogP) is 2.20. The van der Waals surface area contributed by atoms with E-state index in [9.17, 15) is 10.0 Å². The molecule has 1 aromatic carbocycles. The van der Waals surface area contributed by atoms with Crippen molar-refractivity contribution in [3.8, 4) is 0 Å². The number of methoxy groups -OCH3 is 1. The minimum Gasteiger partial charge on any atom is -0.451 e. The Kier molecular flexibility index (Phi) is 3.05. The molecular formula is C9H8N2O3. The lowest BCUT2D eigenvalue weighted by molar-refractivity contribution is 0.141. The molecule has 1 N–H and O–H groups in total. The molecule has 0 aliphatic heterocycles. The number of nitrogens with zero attached hydrogens (tertiary/aromatic N) is 2. The van der Waals surface area contributed by atoms with Gasteiger partial charge in [0.25, 0.3) is 0 Å². The zero-order valence-corrected chi connectivity index (χ0v) is 7.47. The number of hydroxylamine groups is 1. The highest BCUT2D eigenvalue weighted by Gasteiger charge is 2.12. The molecule has 0 saturated heterocycles. The van der Waals surface area contributed by atoms with Crippen LogP contribution in [0.5, 0.6) is 0 Å². The Labute approximate surface area is 80.9 Å². The van der Waals surface area contributed by atoms with E-state index in [1.54, 1.807) is 0 Å². The van der Waals surface area contributed by atoms with Crippen molar-refractivity contribution in [1.82, 2.24) is 0 Å². The summed E-state index contributed by atoms with van der Waals surface area (Å²) in [6.45, 7) is 6.70. The number of hydrogen-bond donors (Lipinski definition) is 1. The summed E-state index contributed by atoms with van der Waals surface area (Å²) in [5.41, 5.74) is 0.691. The van der Waals surface area contributed by atoms with Crippen LogP contribution in [0.3, 0.4) is 0 Å². The minimum atomic E-state index is -0.874. The molecule has 0 bridgehead atoms. The first-order valence-electron chi connectivity index (χ1n) is 3.73. The van der Waals surface area contributed by atoms with Gasteiger partial charge in [-0.05, 0) is 12.1 Å². The van der Waals surface area contributed by atoms with Crippen LogP contribution in [0.1, 0.15) is 0 Å². The summed E-state index contributed by atoms with van der Waals surface area (Å²) in [5.74, 6) is 0. The van der Waals surface area contributed by atoms with E-state index in [0.717, 1.165) is 0 Å². The van der Waals surface area contributed by atoms with Gasteiger partial charge in [0.2, 0.25) is 0 Å². The van der Waals surface area contributed by atoms with Gasteiger partial charge < -0.3 is 4.74 Å². The minimum absolute atomic E-state index is 0.254. The van der Waals surface area contributed by atoms with Gasteiger partial charge in [0.05, 0.1) is 19.4 Å². The second-order valence-corrected chi connectivity index (χ2v) is 2.41. The second-order valence-electron chi connectivity index (χ2n) is 2.41. The highest BCUT2D eigenvalue weighted by atomic mass is 16.6. The summed E-state index contributed by atoms with van der Waals surface area (Å²) in [5, 5.41) is 9.60. The Bertz CT molecular complexity index is 367. The van der Waals surface area contributed by atoms with E-state index < -0.39 is 6.09 Å². The Morgan fingerprint density at radius 2 is 2.07 bits per heavy atom. The molecule has 0 heterocycles. The van der Waals surface area contributed by atoms with Crippen LogP contribution in [0, 0.1) is 6.57 Å². The molecule has 0 unspecified atom stereocenters. The second kappa shape index (κ2) is 4.25. The van der Waals surface area contributed by atoms with E-state index in [0.29, 0.717) is 10.8 Å². The number of ether oxygens (including phenoxy) is 1.